The molecule has 0 amide bonds. The van der Waals surface area contributed by atoms with Crippen LogP contribution in [0.15, 0.2) is 24.3 Å². The lowest BCUT2D eigenvalue weighted by Gasteiger charge is -2.28. The van der Waals surface area contributed by atoms with Crippen molar-refractivity contribution in [3.63, 3.8) is 0 Å². The average molecular weight is 814 g/mol. The van der Waals surface area contributed by atoms with Crippen molar-refractivity contribution in [2.45, 2.75) is 219 Å². The Balaban J connectivity index is 4.11. The van der Waals surface area contributed by atoms with Gasteiger partial charge in [-0.3, -0.25) is 9.36 Å². The van der Waals surface area contributed by atoms with Crippen LogP contribution in [-0.4, -0.2) is 70.7 Å². The number of likely N-dealkylation sites (N-methyl/N-ethyl adjacent to an activating group) is 1. The van der Waals surface area contributed by atoms with Crippen LogP contribution >= 0.6 is 7.82 Å². The number of carbonyl (C=O) groups excluding carboxylic acids is 1. The summed E-state index contributed by atoms with van der Waals surface area (Å²) in [4.78, 5) is 25.0. The number of unbranched alkanes of at least 4 members (excludes halogenated alkanes) is 26. The number of ether oxygens (including phenoxy) is 2. The van der Waals surface area contributed by atoms with E-state index in [2.05, 4.69) is 38.2 Å². The number of phosphoric ester groups is 1. The van der Waals surface area contributed by atoms with Gasteiger partial charge in [-0.25, -0.2) is 0 Å². The normalized spacial score (nSPS) is 13.9. The molecule has 2 atom stereocenters. The lowest BCUT2D eigenvalue weighted by atomic mass is 10.1. The van der Waals surface area contributed by atoms with Gasteiger partial charge < -0.3 is 27.9 Å². The third-order valence-corrected chi connectivity index (χ3v) is 11.2. The predicted molar refractivity (Wildman–Crippen MR) is 236 cm³/mol. The molecule has 0 bridgehead atoms. The summed E-state index contributed by atoms with van der Waals surface area (Å²) in [6, 6.07) is 0. The molecular formula is C47H92NO7P. The monoisotopic (exact) mass is 814 g/mol. The highest BCUT2D eigenvalue weighted by molar-refractivity contribution is 7.45. The van der Waals surface area contributed by atoms with Crippen molar-refractivity contribution >= 4 is 13.8 Å². The third kappa shape index (κ3) is 44.1. The van der Waals surface area contributed by atoms with Gasteiger partial charge in [-0.2, -0.15) is 0 Å². The number of hydrogen-bond donors (Lipinski definition) is 0. The first-order valence-electron chi connectivity index (χ1n) is 23.6. The zero-order valence-electron chi connectivity index (χ0n) is 37.6. The maximum atomic E-state index is 12.7. The van der Waals surface area contributed by atoms with Crippen LogP contribution in [0.1, 0.15) is 213 Å². The van der Waals surface area contributed by atoms with Gasteiger partial charge in [0.1, 0.15) is 19.3 Å². The van der Waals surface area contributed by atoms with Gasteiger partial charge in [0.2, 0.25) is 0 Å². The molecule has 0 aromatic carbocycles. The molecule has 0 radical (unpaired) electrons. The van der Waals surface area contributed by atoms with Crippen molar-refractivity contribution < 1.29 is 37.3 Å². The van der Waals surface area contributed by atoms with Gasteiger partial charge in [-0.15, -0.1) is 0 Å². The quantitative estimate of drug-likeness (QED) is 0.0199. The van der Waals surface area contributed by atoms with E-state index in [0.717, 1.165) is 44.9 Å². The number of carbonyl (C=O) groups is 1. The van der Waals surface area contributed by atoms with Crippen LogP contribution in [0.25, 0.3) is 0 Å². The predicted octanol–water partition coefficient (Wildman–Crippen LogP) is 13.4. The van der Waals surface area contributed by atoms with Crippen LogP contribution in [0.5, 0.6) is 0 Å². The summed E-state index contributed by atoms with van der Waals surface area (Å²) in [6.45, 7) is 5.40. The molecule has 0 aliphatic rings. The highest BCUT2D eigenvalue weighted by Gasteiger charge is 2.20. The molecule has 0 saturated heterocycles. The van der Waals surface area contributed by atoms with E-state index in [-0.39, 0.29) is 25.8 Å². The van der Waals surface area contributed by atoms with Crippen molar-refractivity contribution in [1.82, 2.24) is 0 Å². The molecule has 8 nitrogen and oxygen atoms in total. The van der Waals surface area contributed by atoms with E-state index in [0.29, 0.717) is 24.1 Å². The smallest absolute Gasteiger partial charge is 0.306 e. The van der Waals surface area contributed by atoms with Crippen molar-refractivity contribution in [2.24, 2.45) is 0 Å². The fourth-order valence-electron chi connectivity index (χ4n) is 6.54. The lowest BCUT2D eigenvalue weighted by molar-refractivity contribution is -0.870. The molecule has 0 aliphatic carbocycles. The first-order valence-corrected chi connectivity index (χ1v) is 25.0. The molecule has 9 heteroatoms. The number of nitrogens with zero attached hydrogens (tertiary/aromatic N) is 1. The fourth-order valence-corrected chi connectivity index (χ4v) is 7.26. The van der Waals surface area contributed by atoms with Gasteiger partial charge in [-0.05, 0) is 64.2 Å². The molecular weight excluding hydrogens is 721 g/mol. The van der Waals surface area contributed by atoms with Gasteiger partial charge in [0.05, 0.1) is 34.4 Å². The zero-order chi connectivity index (χ0) is 41.3. The Morgan fingerprint density at radius 1 is 0.536 bits per heavy atom. The Hall–Kier alpha value is -1.02. The first-order chi connectivity index (χ1) is 27.1. The summed E-state index contributed by atoms with van der Waals surface area (Å²) in [5.41, 5.74) is 0. The minimum Gasteiger partial charge on any atom is -0.756 e. The lowest BCUT2D eigenvalue weighted by Crippen LogP contribution is -2.37. The first kappa shape index (κ1) is 55.0. The Morgan fingerprint density at radius 2 is 0.929 bits per heavy atom. The molecule has 332 valence electrons. The van der Waals surface area contributed by atoms with Crippen LogP contribution in [0.2, 0.25) is 0 Å². The maximum absolute atomic E-state index is 12.7. The van der Waals surface area contributed by atoms with E-state index in [1.54, 1.807) is 0 Å². The third-order valence-electron chi connectivity index (χ3n) is 10.2. The standard InChI is InChI=1S/C47H92NO7P/c1-6-8-10-12-14-16-18-20-21-22-23-24-25-26-27-28-29-31-33-35-37-39-42-52-44-46(45-54-56(50,51)53-43-41-48(3,4)5)55-47(49)40-38-36-34-32-30-19-17-15-13-11-9-7-2/h15,17,22-23,46H,6-14,16,18-21,24-45H2,1-5H3/b17-15-,23-22-. The number of hydrogen-bond acceptors (Lipinski definition) is 7. The topological polar surface area (TPSA) is 94.1 Å². The molecule has 0 N–H and O–H groups in total. The second kappa shape index (κ2) is 40.7. The second-order valence-corrected chi connectivity index (χ2v) is 18.5. The van der Waals surface area contributed by atoms with Gasteiger partial charge in [0, 0.05) is 13.0 Å². The number of rotatable bonds is 44. The summed E-state index contributed by atoms with van der Waals surface area (Å²) >= 11 is 0. The van der Waals surface area contributed by atoms with Crippen LogP contribution in [0, 0.1) is 0 Å². The van der Waals surface area contributed by atoms with Crippen LogP contribution < -0.4 is 4.89 Å². The highest BCUT2D eigenvalue weighted by atomic mass is 31.2. The van der Waals surface area contributed by atoms with Gasteiger partial charge in [0.25, 0.3) is 7.82 Å². The van der Waals surface area contributed by atoms with E-state index < -0.39 is 13.9 Å². The number of phosphoric acid groups is 1. The Kier molecular flexibility index (Phi) is 40.0. The molecule has 56 heavy (non-hydrogen) atoms. The molecule has 2 unspecified atom stereocenters. The van der Waals surface area contributed by atoms with Crippen molar-refractivity contribution in [3.05, 3.63) is 24.3 Å². The van der Waals surface area contributed by atoms with Crippen molar-refractivity contribution in [2.75, 3.05) is 54.1 Å². The average Bonchev–Trinajstić information content (AvgIpc) is 3.15. The highest BCUT2D eigenvalue weighted by Crippen LogP contribution is 2.38. The molecule has 0 rings (SSSR count). The molecule has 0 saturated carbocycles. The molecule has 0 aliphatic heterocycles. The van der Waals surface area contributed by atoms with Crippen molar-refractivity contribution in [3.8, 4) is 0 Å². The number of allylic oxidation sites excluding steroid dienone is 4. The van der Waals surface area contributed by atoms with Crippen LogP contribution in [0.3, 0.4) is 0 Å². The summed E-state index contributed by atoms with van der Waals surface area (Å²) in [5.74, 6) is -0.343. The Morgan fingerprint density at radius 3 is 1.39 bits per heavy atom. The summed E-state index contributed by atoms with van der Waals surface area (Å²) in [5, 5.41) is 0. The van der Waals surface area contributed by atoms with E-state index in [1.807, 2.05) is 21.1 Å². The number of quaternary nitrogens is 1. The van der Waals surface area contributed by atoms with Crippen LogP contribution in [0.4, 0.5) is 0 Å². The van der Waals surface area contributed by atoms with Gasteiger partial charge in [0.15, 0.2) is 0 Å². The largest absolute Gasteiger partial charge is 0.756 e. The number of esters is 1. The zero-order valence-corrected chi connectivity index (χ0v) is 38.5. The second-order valence-electron chi connectivity index (χ2n) is 17.1. The minimum atomic E-state index is -4.52. The van der Waals surface area contributed by atoms with E-state index in [4.69, 9.17) is 18.5 Å². The summed E-state index contributed by atoms with van der Waals surface area (Å²) in [6.07, 6.45) is 46.3. The van der Waals surface area contributed by atoms with E-state index in [1.165, 1.54) is 148 Å². The molecule has 0 aromatic heterocycles. The molecule has 0 fully saturated rings. The summed E-state index contributed by atoms with van der Waals surface area (Å²) < 4.78 is 34.6. The maximum Gasteiger partial charge on any atom is 0.306 e. The molecule has 0 aromatic rings. The fraction of sp³-hybridized carbons (Fsp3) is 0.894. The Labute approximate surface area is 347 Å². The Bertz CT molecular complexity index is 951. The van der Waals surface area contributed by atoms with Gasteiger partial charge >= 0.3 is 5.97 Å². The molecule has 0 spiro atoms. The van der Waals surface area contributed by atoms with E-state index in [9.17, 15) is 14.3 Å². The van der Waals surface area contributed by atoms with Gasteiger partial charge in [-0.1, -0.05) is 167 Å². The van der Waals surface area contributed by atoms with Crippen LogP contribution in [-0.2, 0) is 27.9 Å². The summed E-state index contributed by atoms with van der Waals surface area (Å²) in [7, 11) is 1.36. The molecule has 0 heterocycles. The van der Waals surface area contributed by atoms with E-state index >= 15 is 0 Å². The van der Waals surface area contributed by atoms with Crippen molar-refractivity contribution in [1.29, 1.82) is 0 Å². The SMILES string of the molecule is CCCCC/C=C\CCCCCCCC(=O)OC(COCCCCCCCCCCCC/C=C\CCCCCCCCCC)COP(=O)([O-])OCC[N+](C)(C)C. The minimum absolute atomic E-state index is 0.0256.